The predicted molar refractivity (Wildman–Crippen MR) is 115 cm³/mol. The number of aromatic amines is 1. The van der Waals surface area contributed by atoms with Crippen LogP contribution in [0.15, 0.2) is 43.5 Å². The third-order valence-electron chi connectivity index (χ3n) is 5.75. The van der Waals surface area contributed by atoms with Crippen LogP contribution in [0.1, 0.15) is 41.9 Å². The summed E-state index contributed by atoms with van der Waals surface area (Å²) in [4.78, 5) is 39.8. The van der Waals surface area contributed by atoms with Gasteiger partial charge >= 0.3 is 0 Å². The second kappa shape index (κ2) is 7.81. The van der Waals surface area contributed by atoms with Crippen LogP contribution in [0.2, 0.25) is 5.02 Å². The minimum Gasteiger partial charge on any atom is -0.464 e. The van der Waals surface area contributed by atoms with Gasteiger partial charge in [0.25, 0.3) is 5.56 Å². The van der Waals surface area contributed by atoms with Gasteiger partial charge in [0.1, 0.15) is 5.58 Å². The van der Waals surface area contributed by atoms with Crippen LogP contribution in [0.25, 0.3) is 11.0 Å². The Labute approximate surface area is 177 Å². The average Bonchev–Trinajstić information content (AvgIpc) is 2.77. The van der Waals surface area contributed by atoms with Gasteiger partial charge in [0.05, 0.1) is 28.6 Å². The Bertz CT molecular complexity index is 1280. The second-order valence-corrected chi connectivity index (χ2v) is 8.25. The van der Waals surface area contributed by atoms with Crippen molar-refractivity contribution in [2.75, 3.05) is 13.1 Å². The number of nitrogens with one attached hydrogen (secondary N) is 1. The molecule has 0 saturated carbocycles. The molecule has 4 heterocycles. The number of H-pyrrole nitrogens is 1. The van der Waals surface area contributed by atoms with Gasteiger partial charge in [-0.1, -0.05) is 11.6 Å². The van der Waals surface area contributed by atoms with E-state index in [9.17, 15) is 9.59 Å². The zero-order valence-corrected chi connectivity index (χ0v) is 17.2. The van der Waals surface area contributed by atoms with Crippen molar-refractivity contribution in [3.63, 3.8) is 0 Å². The number of aliphatic imine (C=N–C) groups is 1. The fraction of sp³-hybridized carbons (Fsp3) is 0.364. The van der Waals surface area contributed by atoms with E-state index in [0.29, 0.717) is 59.0 Å². The number of fused-ring (bicyclic) bond motifs is 2. The monoisotopic (exact) mass is 424 g/mol. The van der Waals surface area contributed by atoms with Gasteiger partial charge in [-0.25, -0.2) is 4.98 Å². The average molecular weight is 425 g/mol. The lowest BCUT2D eigenvalue weighted by molar-refractivity contribution is 0.239. The molecule has 5 rings (SSSR count). The number of hydrogen-bond donors (Lipinski definition) is 1. The third-order valence-corrected chi connectivity index (χ3v) is 5.98. The minimum absolute atomic E-state index is 0.0951. The molecule has 0 bridgehead atoms. The van der Waals surface area contributed by atoms with E-state index in [2.05, 4.69) is 14.9 Å². The van der Waals surface area contributed by atoms with Crippen LogP contribution in [-0.4, -0.2) is 33.7 Å². The molecule has 7 nitrogen and oxygen atoms in total. The molecule has 2 aliphatic rings. The molecule has 0 aliphatic carbocycles. The molecular weight excluding hydrogens is 404 g/mol. The summed E-state index contributed by atoms with van der Waals surface area (Å²) >= 11 is 6.03. The molecule has 1 aromatic carbocycles. The molecule has 2 aromatic heterocycles. The van der Waals surface area contributed by atoms with Gasteiger partial charge in [-0.05, 0) is 37.5 Å². The van der Waals surface area contributed by atoms with Gasteiger partial charge in [-0.15, -0.1) is 0 Å². The van der Waals surface area contributed by atoms with Gasteiger partial charge in [0, 0.05) is 43.2 Å². The van der Waals surface area contributed by atoms with Crippen molar-refractivity contribution in [1.29, 1.82) is 0 Å². The SMILES string of the molecule is O=c1[nH]c(C2=NCCCC2)nc2c1CN(Cc1coc3ccc(Cl)cc3c1=O)CC2. The van der Waals surface area contributed by atoms with Crippen molar-refractivity contribution in [1.82, 2.24) is 14.9 Å². The fourth-order valence-electron chi connectivity index (χ4n) is 4.14. The van der Waals surface area contributed by atoms with Crippen LogP contribution in [-0.2, 0) is 19.5 Å². The van der Waals surface area contributed by atoms with Gasteiger partial charge in [-0.2, -0.15) is 0 Å². The lowest BCUT2D eigenvalue weighted by atomic mass is 10.0. The van der Waals surface area contributed by atoms with Crippen molar-refractivity contribution < 1.29 is 4.42 Å². The molecule has 0 atom stereocenters. The van der Waals surface area contributed by atoms with Crippen molar-refractivity contribution in [3.8, 4) is 0 Å². The maximum Gasteiger partial charge on any atom is 0.255 e. The quantitative estimate of drug-likeness (QED) is 0.697. The minimum atomic E-state index is -0.120. The number of halogens is 1. The molecular formula is C22H21ClN4O3. The fourth-order valence-corrected chi connectivity index (χ4v) is 4.31. The van der Waals surface area contributed by atoms with Crippen LogP contribution in [0, 0.1) is 0 Å². The molecule has 8 heteroatoms. The van der Waals surface area contributed by atoms with Gasteiger partial charge in [0.15, 0.2) is 11.3 Å². The van der Waals surface area contributed by atoms with E-state index in [1.165, 1.54) is 6.26 Å². The lowest BCUT2D eigenvalue weighted by Crippen LogP contribution is -2.37. The first-order chi connectivity index (χ1) is 14.6. The van der Waals surface area contributed by atoms with E-state index >= 15 is 0 Å². The first kappa shape index (κ1) is 19.2. The Balaban J connectivity index is 1.41. The second-order valence-electron chi connectivity index (χ2n) is 7.82. The summed E-state index contributed by atoms with van der Waals surface area (Å²) in [6.07, 6.45) is 5.18. The highest BCUT2D eigenvalue weighted by Crippen LogP contribution is 2.20. The van der Waals surface area contributed by atoms with Crippen molar-refractivity contribution in [2.45, 2.75) is 38.8 Å². The Morgan fingerprint density at radius 1 is 1.20 bits per heavy atom. The number of nitrogens with zero attached hydrogens (tertiary/aromatic N) is 3. The molecule has 0 spiro atoms. The maximum absolute atomic E-state index is 12.8. The largest absolute Gasteiger partial charge is 0.464 e. The van der Waals surface area contributed by atoms with Crippen molar-refractivity contribution >= 4 is 28.3 Å². The standard InChI is InChI=1S/C22H21ClN4O3/c23-14-4-5-19-15(9-14)20(28)13(12-30-19)10-27-8-6-17-16(11-27)22(29)26-21(25-17)18-3-1-2-7-24-18/h4-5,9,12H,1-3,6-8,10-11H2,(H,25,26,29). The smallest absolute Gasteiger partial charge is 0.255 e. The Kier molecular flexibility index (Phi) is 5.00. The molecule has 2 aliphatic heterocycles. The summed E-state index contributed by atoms with van der Waals surface area (Å²) in [5, 5.41) is 0.963. The molecule has 0 saturated heterocycles. The molecule has 0 radical (unpaired) electrons. The van der Waals surface area contributed by atoms with Crippen LogP contribution in [0.3, 0.4) is 0 Å². The third kappa shape index (κ3) is 3.59. The van der Waals surface area contributed by atoms with Crippen molar-refractivity contribution in [3.05, 3.63) is 72.7 Å². The van der Waals surface area contributed by atoms with E-state index in [-0.39, 0.29) is 11.0 Å². The van der Waals surface area contributed by atoms with E-state index in [1.807, 2.05) is 0 Å². The zero-order valence-electron chi connectivity index (χ0n) is 16.4. The summed E-state index contributed by atoms with van der Waals surface area (Å²) in [7, 11) is 0. The van der Waals surface area contributed by atoms with E-state index in [4.69, 9.17) is 21.0 Å². The zero-order chi connectivity index (χ0) is 20.7. The molecule has 0 unspecified atom stereocenters. The summed E-state index contributed by atoms with van der Waals surface area (Å²) in [6, 6.07) is 5.02. The maximum atomic E-state index is 12.8. The molecule has 30 heavy (non-hydrogen) atoms. The summed E-state index contributed by atoms with van der Waals surface area (Å²) in [6.45, 7) is 2.35. The van der Waals surface area contributed by atoms with Gasteiger partial charge in [-0.3, -0.25) is 19.5 Å². The number of rotatable bonds is 3. The normalized spacial score (nSPS) is 17.0. The van der Waals surface area contributed by atoms with Crippen molar-refractivity contribution in [2.24, 2.45) is 4.99 Å². The molecule has 0 fully saturated rings. The van der Waals surface area contributed by atoms with Gasteiger partial charge in [0.2, 0.25) is 0 Å². The predicted octanol–water partition coefficient (Wildman–Crippen LogP) is 3.06. The highest BCUT2D eigenvalue weighted by atomic mass is 35.5. The van der Waals surface area contributed by atoms with Gasteiger partial charge < -0.3 is 9.40 Å². The Morgan fingerprint density at radius 3 is 2.93 bits per heavy atom. The van der Waals surface area contributed by atoms with E-state index in [0.717, 1.165) is 37.2 Å². The first-order valence-electron chi connectivity index (χ1n) is 10.2. The van der Waals surface area contributed by atoms with Crippen LogP contribution in [0.4, 0.5) is 0 Å². The highest BCUT2D eigenvalue weighted by Gasteiger charge is 2.23. The lowest BCUT2D eigenvalue weighted by Gasteiger charge is -2.27. The van der Waals surface area contributed by atoms with E-state index < -0.39 is 0 Å². The molecule has 3 aromatic rings. The highest BCUT2D eigenvalue weighted by molar-refractivity contribution is 6.31. The number of benzene rings is 1. The van der Waals surface area contributed by atoms with E-state index in [1.54, 1.807) is 18.2 Å². The molecule has 0 amide bonds. The van der Waals surface area contributed by atoms with Crippen LogP contribution < -0.4 is 11.0 Å². The summed E-state index contributed by atoms with van der Waals surface area (Å²) in [5.41, 5.74) is 3.23. The summed E-state index contributed by atoms with van der Waals surface area (Å²) in [5.74, 6) is 0.610. The topological polar surface area (TPSA) is 91.6 Å². The Morgan fingerprint density at radius 2 is 2.10 bits per heavy atom. The first-order valence-corrected chi connectivity index (χ1v) is 10.5. The number of aromatic nitrogens is 2. The molecule has 154 valence electrons. The summed E-state index contributed by atoms with van der Waals surface area (Å²) < 4.78 is 5.62. The molecule has 1 N–H and O–H groups in total. The van der Waals surface area contributed by atoms with Crippen LogP contribution >= 0.6 is 11.6 Å². The Hall–Kier alpha value is -2.77. The van der Waals surface area contributed by atoms with Crippen LogP contribution in [0.5, 0.6) is 0 Å². The number of hydrogen-bond acceptors (Lipinski definition) is 6.